The summed E-state index contributed by atoms with van der Waals surface area (Å²) in [7, 11) is 1.48. The van der Waals surface area contributed by atoms with E-state index in [4.69, 9.17) is 4.74 Å². The van der Waals surface area contributed by atoms with Crippen molar-refractivity contribution in [3.05, 3.63) is 93.5 Å². The van der Waals surface area contributed by atoms with Crippen molar-refractivity contribution in [1.82, 2.24) is 9.97 Å². The zero-order valence-corrected chi connectivity index (χ0v) is 17.3. The number of aromatic amines is 1. The number of nitrogens with zero attached hydrogens (tertiary/aromatic N) is 2. The van der Waals surface area contributed by atoms with Gasteiger partial charge in [0.15, 0.2) is 11.5 Å². The fraction of sp³-hybridized carbons (Fsp3) is 0.0800. The molecule has 0 bridgehead atoms. The molecule has 4 aromatic rings. The average molecular weight is 427 g/mol. The molecule has 2 aromatic carbocycles. The second kappa shape index (κ2) is 9.18. The van der Waals surface area contributed by atoms with Crippen molar-refractivity contribution in [3.8, 4) is 17.4 Å². The molecule has 160 valence electrons. The van der Waals surface area contributed by atoms with Gasteiger partial charge in [-0.05, 0) is 53.1 Å². The van der Waals surface area contributed by atoms with E-state index in [9.17, 15) is 15.0 Å². The third-order valence-electron chi connectivity index (χ3n) is 4.98. The number of phenols is 1. The average Bonchev–Trinajstić information content (AvgIpc) is 2.80. The summed E-state index contributed by atoms with van der Waals surface area (Å²) in [5.74, 6) is 0.164. The molecule has 0 saturated heterocycles. The summed E-state index contributed by atoms with van der Waals surface area (Å²) in [5, 5.41) is 21.3. The van der Waals surface area contributed by atoms with Crippen LogP contribution < -0.4 is 10.3 Å². The number of aliphatic imine (C=N–C) groups is 1. The van der Waals surface area contributed by atoms with Crippen LogP contribution in [-0.4, -0.2) is 33.5 Å². The number of aromatic nitrogens is 2. The second-order valence-electron chi connectivity index (χ2n) is 7.11. The number of benzene rings is 2. The molecule has 0 saturated carbocycles. The molecule has 32 heavy (non-hydrogen) atoms. The molecule has 7 nitrogen and oxygen atoms in total. The van der Waals surface area contributed by atoms with Crippen LogP contribution in [0.3, 0.4) is 0 Å². The van der Waals surface area contributed by atoms with Crippen molar-refractivity contribution in [2.75, 3.05) is 7.11 Å². The van der Waals surface area contributed by atoms with Crippen molar-refractivity contribution in [3.63, 3.8) is 0 Å². The number of H-pyrrole nitrogens is 1. The van der Waals surface area contributed by atoms with Crippen LogP contribution in [0.5, 0.6) is 17.4 Å². The number of ether oxygens (including phenoxy) is 1. The van der Waals surface area contributed by atoms with E-state index in [2.05, 4.69) is 15.0 Å². The van der Waals surface area contributed by atoms with Crippen LogP contribution in [-0.2, 0) is 6.54 Å². The summed E-state index contributed by atoms with van der Waals surface area (Å²) in [6, 6.07) is 14.2. The molecule has 0 aliphatic rings. The second-order valence-corrected chi connectivity index (χ2v) is 7.11. The van der Waals surface area contributed by atoms with Crippen LogP contribution >= 0.6 is 0 Å². The molecule has 0 aliphatic heterocycles. The fourth-order valence-electron chi connectivity index (χ4n) is 3.33. The van der Waals surface area contributed by atoms with E-state index in [0.717, 1.165) is 16.7 Å². The van der Waals surface area contributed by atoms with Gasteiger partial charge >= 0.3 is 0 Å². The Balaban J connectivity index is 1.66. The molecule has 0 fully saturated rings. The summed E-state index contributed by atoms with van der Waals surface area (Å²) >= 11 is 0. The minimum absolute atomic E-state index is 0.0307. The Morgan fingerprint density at radius 3 is 2.53 bits per heavy atom. The van der Waals surface area contributed by atoms with E-state index in [1.165, 1.54) is 13.3 Å². The standard InChI is InChI=1S/C25H21N3O4/c1-32-23-7-5-18(13-22(23)29)14-27-15-21-20-12-17(3-2-16-8-10-26-11-9-16)4-6-19(20)24(30)28-25(21)31/h2-13,15,29H,14H2,1H3,(H2,28,30,31). The number of pyridine rings is 2. The SMILES string of the molecule is COc1ccc(CN=Cc2c(O)[nH]c(=O)c3ccc(C=Cc4ccncc4)cc23)cc1O. The molecule has 0 radical (unpaired) electrons. The number of hydrogen-bond donors (Lipinski definition) is 3. The first-order valence-corrected chi connectivity index (χ1v) is 9.88. The monoisotopic (exact) mass is 427 g/mol. The zero-order chi connectivity index (χ0) is 22.5. The largest absolute Gasteiger partial charge is 0.504 e. The van der Waals surface area contributed by atoms with Crippen molar-refractivity contribution in [2.24, 2.45) is 4.99 Å². The molecule has 4 rings (SSSR count). The van der Waals surface area contributed by atoms with E-state index in [-0.39, 0.29) is 23.7 Å². The van der Waals surface area contributed by atoms with Gasteiger partial charge in [0.05, 0.1) is 19.2 Å². The van der Waals surface area contributed by atoms with Crippen molar-refractivity contribution >= 4 is 29.1 Å². The Hall–Kier alpha value is -4.39. The Morgan fingerprint density at radius 1 is 1.00 bits per heavy atom. The van der Waals surface area contributed by atoms with E-state index in [1.54, 1.807) is 36.7 Å². The maximum Gasteiger partial charge on any atom is 0.258 e. The number of nitrogens with one attached hydrogen (secondary N) is 1. The quantitative estimate of drug-likeness (QED) is 0.401. The molecule has 2 aromatic heterocycles. The Kier molecular flexibility index (Phi) is 5.98. The van der Waals surface area contributed by atoms with Gasteiger partial charge in [-0.2, -0.15) is 0 Å². The van der Waals surface area contributed by atoms with Crippen LogP contribution in [0, 0.1) is 0 Å². The lowest BCUT2D eigenvalue weighted by molar-refractivity contribution is 0.373. The fourth-order valence-corrected chi connectivity index (χ4v) is 3.33. The molecule has 2 heterocycles. The molecule has 0 atom stereocenters. The van der Waals surface area contributed by atoms with Gasteiger partial charge in [0.1, 0.15) is 0 Å². The highest BCUT2D eigenvalue weighted by molar-refractivity contribution is 6.02. The molecule has 0 amide bonds. The number of phenolic OH excluding ortho intramolecular Hbond substituents is 1. The topological polar surface area (TPSA) is 108 Å². The van der Waals surface area contributed by atoms with Crippen molar-refractivity contribution < 1.29 is 14.9 Å². The number of aromatic hydroxyl groups is 2. The summed E-state index contributed by atoms with van der Waals surface area (Å²) in [6.07, 6.45) is 8.82. The lowest BCUT2D eigenvalue weighted by atomic mass is 10.0. The lowest BCUT2D eigenvalue weighted by Gasteiger charge is -2.07. The highest BCUT2D eigenvalue weighted by Crippen LogP contribution is 2.27. The highest BCUT2D eigenvalue weighted by atomic mass is 16.5. The predicted octanol–water partition coefficient (Wildman–Crippen LogP) is 4.13. The maximum atomic E-state index is 12.3. The zero-order valence-electron chi connectivity index (χ0n) is 17.3. The minimum atomic E-state index is -0.376. The number of methoxy groups -OCH3 is 1. The molecular weight excluding hydrogens is 406 g/mol. The van der Waals surface area contributed by atoms with Crippen LogP contribution in [0.15, 0.2) is 70.7 Å². The Labute approximate surface area is 184 Å². The third kappa shape index (κ3) is 4.52. The normalized spacial score (nSPS) is 11.5. The van der Waals surface area contributed by atoms with E-state index in [0.29, 0.717) is 22.1 Å². The van der Waals surface area contributed by atoms with Gasteiger partial charge in [-0.3, -0.25) is 19.8 Å². The number of rotatable bonds is 6. The van der Waals surface area contributed by atoms with Crippen LogP contribution in [0.25, 0.3) is 22.9 Å². The van der Waals surface area contributed by atoms with E-state index >= 15 is 0 Å². The van der Waals surface area contributed by atoms with Crippen molar-refractivity contribution in [1.29, 1.82) is 0 Å². The molecule has 0 spiro atoms. The first-order valence-electron chi connectivity index (χ1n) is 9.88. The summed E-state index contributed by atoms with van der Waals surface area (Å²) in [4.78, 5) is 23.2. The van der Waals surface area contributed by atoms with E-state index in [1.807, 2.05) is 36.4 Å². The third-order valence-corrected chi connectivity index (χ3v) is 4.98. The Morgan fingerprint density at radius 2 is 1.78 bits per heavy atom. The molecule has 0 aliphatic carbocycles. The molecule has 7 heteroatoms. The first kappa shape index (κ1) is 20.9. The van der Waals surface area contributed by atoms with Crippen LogP contribution in [0.2, 0.25) is 0 Å². The molecule has 0 unspecified atom stereocenters. The maximum absolute atomic E-state index is 12.3. The van der Waals surface area contributed by atoms with Crippen LogP contribution in [0.4, 0.5) is 0 Å². The molecular formula is C25H21N3O4. The van der Waals surface area contributed by atoms with Gasteiger partial charge < -0.3 is 14.9 Å². The number of hydrogen-bond acceptors (Lipinski definition) is 6. The van der Waals surface area contributed by atoms with Gasteiger partial charge in [0.25, 0.3) is 5.56 Å². The first-order chi connectivity index (χ1) is 15.5. The summed E-state index contributed by atoms with van der Waals surface area (Å²) in [6.45, 7) is 0.277. The summed E-state index contributed by atoms with van der Waals surface area (Å²) < 4.78 is 5.04. The smallest absolute Gasteiger partial charge is 0.258 e. The highest BCUT2D eigenvalue weighted by Gasteiger charge is 2.10. The van der Waals surface area contributed by atoms with E-state index < -0.39 is 0 Å². The molecule has 3 N–H and O–H groups in total. The lowest BCUT2D eigenvalue weighted by Crippen LogP contribution is -2.08. The minimum Gasteiger partial charge on any atom is -0.504 e. The van der Waals surface area contributed by atoms with Crippen LogP contribution in [0.1, 0.15) is 22.3 Å². The van der Waals surface area contributed by atoms with Crippen molar-refractivity contribution in [2.45, 2.75) is 6.54 Å². The number of fused-ring (bicyclic) bond motifs is 1. The summed E-state index contributed by atoms with van der Waals surface area (Å²) in [5.41, 5.74) is 2.68. The van der Waals surface area contributed by atoms with Gasteiger partial charge in [-0.15, -0.1) is 0 Å². The van der Waals surface area contributed by atoms with Gasteiger partial charge in [-0.25, -0.2) is 0 Å². The predicted molar refractivity (Wildman–Crippen MR) is 125 cm³/mol. The van der Waals surface area contributed by atoms with Gasteiger partial charge in [0.2, 0.25) is 5.88 Å². The Bertz CT molecular complexity index is 1380. The van der Waals surface area contributed by atoms with Gasteiger partial charge in [0, 0.05) is 29.4 Å². The van der Waals surface area contributed by atoms with Gasteiger partial charge in [-0.1, -0.05) is 24.3 Å².